The van der Waals surface area contributed by atoms with Gasteiger partial charge in [0.1, 0.15) is 0 Å². The lowest BCUT2D eigenvalue weighted by Gasteiger charge is -2.43. The first-order valence-electron chi connectivity index (χ1n) is 12.8. The Morgan fingerprint density at radius 2 is 1.52 bits per heavy atom. The molecular weight excluding hydrogens is 406 g/mol. The number of fused-ring (bicyclic) bond motifs is 8. The van der Waals surface area contributed by atoms with Crippen molar-refractivity contribution in [3.8, 4) is 0 Å². The van der Waals surface area contributed by atoms with E-state index in [1.807, 2.05) is 0 Å². The molecule has 3 aliphatic carbocycles. The van der Waals surface area contributed by atoms with Crippen LogP contribution in [0.3, 0.4) is 0 Å². The lowest BCUT2D eigenvalue weighted by molar-refractivity contribution is -0.142. The van der Waals surface area contributed by atoms with Crippen LogP contribution in [0.2, 0.25) is 0 Å². The molecule has 4 bridgehead atoms. The largest absolute Gasteiger partial charge is 0.338 e. The van der Waals surface area contributed by atoms with Crippen molar-refractivity contribution in [1.82, 2.24) is 14.9 Å². The highest BCUT2D eigenvalue weighted by molar-refractivity contribution is 5.93. The molecule has 1 aliphatic heterocycles. The zero-order chi connectivity index (χ0) is 23.8. The molecule has 33 heavy (non-hydrogen) atoms. The minimum absolute atomic E-state index is 0.129. The minimum Gasteiger partial charge on any atom is -0.338 e. The lowest BCUT2D eigenvalue weighted by Crippen LogP contribution is -2.54. The van der Waals surface area contributed by atoms with Crippen molar-refractivity contribution in [2.24, 2.45) is 16.2 Å². The minimum atomic E-state index is -0.574. The SMILES string of the molecule is Cc1cc2nc3c(nc2cc1C)C1(C(=O)N2CC4(C)CC2CC(C)(C)C4)CCC3(C)C1(C)C. The molecule has 1 amide bonds. The van der Waals surface area contributed by atoms with Crippen LogP contribution in [-0.4, -0.2) is 33.4 Å². The third-order valence-electron chi connectivity index (χ3n) is 10.7. The molecule has 1 saturated heterocycles. The summed E-state index contributed by atoms with van der Waals surface area (Å²) in [6.07, 6.45) is 5.34. The number of aromatic nitrogens is 2. The number of hydrogen-bond acceptors (Lipinski definition) is 3. The van der Waals surface area contributed by atoms with Gasteiger partial charge in [-0.05, 0) is 85.5 Å². The second-order valence-corrected chi connectivity index (χ2v) is 13.9. The van der Waals surface area contributed by atoms with E-state index in [0.29, 0.717) is 17.4 Å². The van der Waals surface area contributed by atoms with Crippen LogP contribution in [0.5, 0.6) is 0 Å². The lowest BCUT2D eigenvalue weighted by atomic mass is 9.63. The molecule has 176 valence electrons. The Labute approximate surface area is 198 Å². The quantitative estimate of drug-likeness (QED) is 0.540. The smallest absolute Gasteiger partial charge is 0.235 e. The summed E-state index contributed by atoms with van der Waals surface area (Å²) in [6, 6.07) is 4.68. The van der Waals surface area contributed by atoms with Gasteiger partial charge in [0.05, 0.1) is 27.8 Å². The summed E-state index contributed by atoms with van der Waals surface area (Å²) in [7, 11) is 0. The molecule has 4 atom stereocenters. The van der Waals surface area contributed by atoms with Crippen LogP contribution in [0.25, 0.3) is 11.0 Å². The number of likely N-dealkylation sites (tertiary alicyclic amines) is 1. The summed E-state index contributed by atoms with van der Waals surface area (Å²) in [6.45, 7) is 19.3. The first-order valence-corrected chi connectivity index (χ1v) is 12.8. The summed E-state index contributed by atoms with van der Waals surface area (Å²) in [4.78, 5) is 27.6. The van der Waals surface area contributed by atoms with E-state index >= 15 is 0 Å². The maximum Gasteiger partial charge on any atom is 0.235 e. The van der Waals surface area contributed by atoms with E-state index in [-0.39, 0.29) is 16.2 Å². The number of carbonyl (C=O) groups is 1. The molecule has 1 aromatic heterocycles. The molecule has 2 saturated carbocycles. The highest BCUT2D eigenvalue weighted by Gasteiger charge is 2.74. The third-order valence-corrected chi connectivity index (χ3v) is 10.7. The number of nitrogens with zero attached hydrogens (tertiary/aromatic N) is 3. The Morgan fingerprint density at radius 1 is 0.909 bits per heavy atom. The van der Waals surface area contributed by atoms with Gasteiger partial charge in [-0.2, -0.15) is 0 Å². The van der Waals surface area contributed by atoms with Crippen LogP contribution in [0.1, 0.15) is 96.2 Å². The van der Waals surface area contributed by atoms with E-state index in [0.717, 1.165) is 54.6 Å². The zero-order valence-electron chi connectivity index (χ0n) is 21.7. The van der Waals surface area contributed by atoms with Gasteiger partial charge in [0, 0.05) is 18.0 Å². The molecule has 4 aliphatic rings. The number of carbonyl (C=O) groups excluding carboxylic acids is 1. The Bertz CT molecular complexity index is 1230. The van der Waals surface area contributed by atoms with Gasteiger partial charge >= 0.3 is 0 Å². The van der Waals surface area contributed by atoms with Crippen molar-refractivity contribution < 1.29 is 4.79 Å². The van der Waals surface area contributed by atoms with Gasteiger partial charge in [-0.25, -0.2) is 9.97 Å². The Balaban J connectivity index is 1.53. The molecule has 1 aromatic carbocycles. The number of benzene rings is 1. The average molecular weight is 446 g/mol. The Morgan fingerprint density at radius 3 is 2.15 bits per heavy atom. The van der Waals surface area contributed by atoms with Gasteiger partial charge in [0.15, 0.2) is 0 Å². The molecule has 0 radical (unpaired) electrons. The molecule has 4 unspecified atom stereocenters. The zero-order valence-corrected chi connectivity index (χ0v) is 21.7. The fourth-order valence-electron chi connectivity index (χ4n) is 8.77. The fourth-order valence-corrected chi connectivity index (χ4v) is 8.77. The second kappa shape index (κ2) is 5.98. The normalized spacial score (nSPS) is 37.6. The molecule has 0 spiro atoms. The third kappa shape index (κ3) is 2.46. The topological polar surface area (TPSA) is 46.1 Å². The van der Waals surface area contributed by atoms with Gasteiger partial charge in [-0.3, -0.25) is 4.79 Å². The number of aryl methyl sites for hydroxylation is 2. The predicted molar refractivity (Wildman–Crippen MR) is 132 cm³/mol. The summed E-state index contributed by atoms with van der Waals surface area (Å²) in [5, 5.41) is 0. The first-order chi connectivity index (χ1) is 15.2. The van der Waals surface area contributed by atoms with Crippen LogP contribution in [-0.2, 0) is 15.6 Å². The van der Waals surface area contributed by atoms with E-state index in [1.165, 1.54) is 17.5 Å². The van der Waals surface area contributed by atoms with Gasteiger partial charge in [-0.1, -0.05) is 41.5 Å². The van der Waals surface area contributed by atoms with Gasteiger partial charge in [-0.15, -0.1) is 0 Å². The highest BCUT2D eigenvalue weighted by Crippen LogP contribution is 2.71. The van der Waals surface area contributed by atoms with E-state index in [1.54, 1.807) is 0 Å². The number of amides is 1. The summed E-state index contributed by atoms with van der Waals surface area (Å²) >= 11 is 0. The molecule has 2 heterocycles. The Hall–Kier alpha value is -1.97. The molecule has 3 fully saturated rings. The van der Waals surface area contributed by atoms with Gasteiger partial charge in [0.2, 0.25) is 5.91 Å². The predicted octanol–water partition coefficient (Wildman–Crippen LogP) is 6.00. The summed E-state index contributed by atoms with van der Waals surface area (Å²) < 4.78 is 0. The van der Waals surface area contributed by atoms with Crippen LogP contribution in [0.15, 0.2) is 12.1 Å². The van der Waals surface area contributed by atoms with Gasteiger partial charge < -0.3 is 4.90 Å². The summed E-state index contributed by atoms with van der Waals surface area (Å²) in [5.74, 6) is 0.332. The molecule has 4 nitrogen and oxygen atoms in total. The highest BCUT2D eigenvalue weighted by atomic mass is 16.2. The fraction of sp³-hybridized carbons (Fsp3) is 0.690. The van der Waals surface area contributed by atoms with Crippen molar-refractivity contribution >= 4 is 16.9 Å². The van der Waals surface area contributed by atoms with Crippen molar-refractivity contribution in [2.45, 2.75) is 104 Å². The summed E-state index contributed by atoms with van der Waals surface area (Å²) in [5.41, 5.74) is 6.05. The molecule has 4 heteroatoms. The van der Waals surface area contributed by atoms with Crippen molar-refractivity contribution in [3.05, 3.63) is 34.6 Å². The molecule has 2 aromatic rings. The van der Waals surface area contributed by atoms with Crippen LogP contribution in [0, 0.1) is 30.1 Å². The van der Waals surface area contributed by atoms with Crippen LogP contribution < -0.4 is 0 Å². The average Bonchev–Trinajstić information content (AvgIpc) is 3.13. The second-order valence-electron chi connectivity index (χ2n) is 13.9. The van der Waals surface area contributed by atoms with Crippen LogP contribution >= 0.6 is 0 Å². The van der Waals surface area contributed by atoms with Crippen molar-refractivity contribution in [2.75, 3.05) is 6.54 Å². The monoisotopic (exact) mass is 445 g/mol. The van der Waals surface area contributed by atoms with Crippen molar-refractivity contribution in [3.63, 3.8) is 0 Å². The van der Waals surface area contributed by atoms with Crippen molar-refractivity contribution in [1.29, 1.82) is 0 Å². The maximum atomic E-state index is 14.8. The number of hydrogen-bond donors (Lipinski definition) is 0. The standard InChI is InChI=1S/C29H39N3O/c1-17-11-20-21(12-18(17)2)31-23-22(30-20)28(8)9-10-29(23,26(28,5)6)24(33)32-16-27(7)14-19(32)13-25(3,4)15-27/h11-12,19H,9-10,13-16H2,1-8H3. The molecular formula is C29H39N3O. The van der Waals surface area contributed by atoms with E-state index in [4.69, 9.17) is 9.97 Å². The Kier molecular flexibility index (Phi) is 3.91. The first kappa shape index (κ1) is 21.6. The maximum absolute atomic E-state index is 14.8. The van der Waals surface area contributed by atoms with Crippen LogP contribution in [0.4, 0.5) is 0 Å². The van der Waals surface area contributed by atoms with Gasteiger partial charge in [0.25, 0.3) is 0 Å². The number of rotatable bonds is 1. The molecule has 0 N–H and O–H groups in total. The molecule has 6 rings (SSSR count). The van der Waals surface area contributed by atoms with E-state index in [9.17, 15) is 4.79 Å². The van der Waals surface area contributed by atoms with E-state index in [2.05, 4.69) is 72.4 Å². The van der Waals surface area contributed by atoms with E-state index < -0.39 is 5.41 Å².